The number of nitrogens with one attached hydrogen (secondary N) is 2. The third-order valence-corrected chi connectivity index (χ3v) is 17.8. The average molecular weight is 1140 g/mol. The Morgan fingerprint density at radius 1 is 0.400 bits per heavy atom. The smallest absolute Gasteiger partial charge is 0.410 e. The first-order valence-electron chi connectivity index (χ1n) is 31.5. The number of β-amino-alcohol motifs (C(OH)–C–C–N with tert-alkyl or cyclic N) is 3. The van der Waals surface area contributed by atoms with Crippen LogP contribution in [0.4, 0.5) is 9.59 Å². The maximum absolute atomic E-state index is 12.2. The van der Waals surface area contributed by atoms with Crippen LogP contribution in [0, 0.1) is 0 Å². The summed E-state index contributed by atoms with van der Waals surface area (Å²) in [4.78, 5) is 58.7. The van der Waals surface area contributed by atoms with Crippen molar-refractivity contribution >= 4 is 18.0 Å². The molecule has 2 amide bonds. The summed E-state index contributed by atoms with van der Waals surface area (Å²) in [6.45, 7) is 40.7. The third-order valence-electron chi connectivity index (χ3n) is 17.8. The standard InChI is InChI=1S/C21H40N4O3.C16H32N4O.C11H23N3O.C10H17NO3.CH4O/c1-21(2,3)28-20(27)25-10-6-18(7-11-25)23-8-4-19(5-9-23)24-14-12-22(13-15-24)16-17-26;21-14-13-18-9-11-20(12-10-18)16-3-7-19(8-4-16)15-1-5-17-6-2-15;15-10-9-13-5-7-14(8-6-13)11-1-3-12-4-2-11;1-10(2,3)14-9(13)11-6-4-8(12)5-7-11;1-2/h18-19,26H,4-17H2,1-3H3;15-17,21H,1-14H2;11-12,15H,1-10H2;4-7H2,1-3H3;2H,1H3. The van der Waals surface area contributed by atoms with E-state index in [1.165, 1.54) is 130 Å². The summed E-state index contributed by atoms with van der Waals surface area (Å²) >= 11 is 0. The van der Waals surface area contributed by atoms with Crippen LogP contribution in [0.2, 0.25) is 0 Å². The summed E-state index contributed by atoms with van der Waals surface area (Å²) in [6, 6.07) is 3.78. The number of ether oxygens (including phenoxy) is 2. The molecule has 6 N–H and O–H groups in total. The number of aliphatic hydroxyl groups excluding tert-OH is 4. The minimum absolute atomic E-state index is 0.162. The van der Waals surface area contributed by atoms with Gasteiger partial charge in [-0.25, -0.2) is 9.59 Å². The molecule has 0 aromatic carbocycles. The Hall–Kier alpha value is -2.35. The summed E-state index contributed by atoms with van der Waals surface area (Å²) in [5.74, 6) is 0.227. The zero-order valence-electron chi connectivity index (χ0n) is 51.4. The second-order valence-corrected chi connectivity index (χ2v) is 25.5. The molecule has 0 spiro atoms. The number of nitrogens with zero attached hydrogens (tertiary/aromatic N) is 10. The summed E-state index contributed by atoms with van der Waals surface area (Å²) in [6.07, 6.45) is 13.1. The number of piperazine rings is 3. The van der Waals surface area contributed by atoms with Crippen molar-refractivity contribution < 1.29 is 44.3 Å². The lowest BCUT2D eigenvalue weighted by atomic mass is 9.97. The van der Waals surface area contributed by atoms with Crippen LogP contribution in [-0.2, 0) is 14.3 Å². The van der Waals surface area contributed by atoms with Crippen molar-refractivity contribution in [2.24, 2.45) is 0 Å². The lowest BCUT2D eigenvalue weighted by molar-refractivity contribution is -0.121. The molecule has 0 unspecified atom stereocenters. The third kappa shape index (κ3) is 24.7. The van der Waals surface area contributed by atoms with Crippen LogP contribution < -0.4 is 10.6 Å². The molecular weight excluding hydrogens is 1020 g/mol. The van der Waals surface area contributed by atoms with Gasteiger partial charge in [0.1, 0.15) is 17.0 Å². The van der Waals surface area contributed by atoms with Gasteiger partial charge in [-0.05, 0) is 158 Å². The molecule has 0 bridgehead atoms. The molecule has 80 heavy (non-hydrogen) atoms. The summed E-state index contributed by atoms with van der Waals surface area (Å²) in [5.41, 5.74) is -0.877. The molecular formula is C59H116N12O9. The van der Waals surface area contributed by atoms with Gasteiger partial charge in [0.15, 0.2) is 0 Å². The molecule has 0 aromatic heterocycles. The van der Waals surface area contributed by atoms with E-state index >= 15 is 0 Å². The molecule has 9 aliphatic rings. The van der Waals surface area contributed by atoms with Crippen molar-refractivity contribution in [1.29, 1.82) is 0 Å². The number of aliphatic hydroxyl groups is 4. The van der Waals surface area contributed by atoms with Gasteiger partial charge >= 0.3 is 12.2 Å². The highest BCUT2D eigenvalue weighted by Crippen LogP contribution is 2.26. The van der Waals surface area contributed by atoms with Crippen LogP contribution in [0.15, 0.2) is 0 Å². The van der Waals surface area contributed by atoms with Crippen molar-refractivity contribution in [3.05, 3.63) is 0 Å². The molecule has 21 nitrogen and oxygen atoms in total. The van der Waals surface area contributed by atoms with Gasteiger partial charge < -0.3 is 60.1 Å². The normalized spacial score (nSPS) is 24.8. The summed E-state index contributed by atoms with van der Waals surface area (Å²) in [5, 5.41) is 40.9. The van der Waals surface area contributed by atoms with Crippen molar-refractivity contribution in [1.82, 2.24) is 59.6 Å². The number of ketones is 1. The van der Waals surface area contributed by atoms with Crippen LogP contribution in [0.3, 0.4) is 0 Å². The highest BCUT2D eigenvalue weighted by atomic mass is 16.6. The van der Waals surface area contributed by atoms with E-state index in [1.54, 1.807) is 4.90 Å². The second-order valence-electron chi connectivity index (χ2n) is 25.5. The van der Waals surface area contributed by atoms with Crippen molar-refractivity contribution in [2.45, 2.75) is 160 Å². The molecule has 0 saturated carbocycles. The number of Topliss-reactive ketones (excluding diaryl/α,β-unsaturated/α-hetero) is 1. The molecule has 9 saturated heterocycles. The van der Waals surface area contributed by atoms with Crippen molar-refractivity contribution in [3.63, 3.8) is 0 Å². The largest absolute Gasteiger partial charge is 0.444 e. The first-order chi connectivity index (χ1) is 38.5. The molecule has 21 heteroatoms. The first kappa shape index (κ1) is 68.4. The van der Waals surface area contributed by atoms with E-state index in [2.05, 4.69) is 49.8 Å². The Morgan fingerprint density at radius 2 is 0.650 bits per heavy atom. The van der Waals surface area contributed by atoms with Crippen LogP contribution >= 0.6 is 0 Å². The molecule has 0 aromatic rings. The maximum atomic E-state index is 12.2. The summed E-state index contributed by atoms with van der Waals surface area (Å²) in [7, 11) is 1.00. The molecule has 9 heterocycles. The topological polar surface area (TPSA) is 207 Å². The van der Waals surface area contributed by atoms with Crippen LogP contribution in [0.1, 0.15) is 119 Å². The summed E-state index contributed by atoms with van der Waals surface area (Å²) < 4.78 is 10.7. The molecule has 9 aliphatic heterocycles. The fraction of sp³-hybridized carbons (Fsp3) is 0.949. The number of carbonyl (C=O) groups is 3. The van der Waals surface area contributed by atoms with Gasteiger partial charge in [0, 0.05) is 175 Å². The van der Waals surface area contributed by atoms with E-state index in [1.807, 2.05) is 46.4 Å². The van der Waals surface area contributed by atoms with E-state index in [9.17, 15) is 14.4 Å². The lowest BCUT2D eigenvalue weighted by Gasteiger charge is -2.45. The molecule has 0 aliphatic carbocycles. The van der Waals surface area contributed by atoms with Crippen molar-refractivity contribution in [3.8, 4) is 0 Å². The van der Waals surface area contributed by atoms with Crippen LogP contribution in [0.25, 0.3) is 0 Å². The number of piperidine rings is 6. The number of likely N-dealkylation sites (tertiary alicyclic amines) is 4. The predicted octanol–water partition coefficient (Wildman–Crippen LogP) is 1.82. The monoisotopic (exact) mass is 1140 g/mol. The van der Waals surface area contributed by atoms with E-state index in [4.69, 9.17) is 29.9 Å². The highest BCUT2D eigenvalue weighted by molar-refractivity contribution is 5.81. The number of hydrogen-bond acceptors (Lipinski definition) is 19. The number of amides is 2. The van der Waals surface area contributed by atoms with Gasteiger partial charge in [0.25, 0.3) is 0 Å². The minimum atomic E-state index is -0.460. The van der Waals surface area contributed by atoms with Gasteiger partial charge in [0.05, 0.1) is 19.8 Å². The predicted molar refractivity (Wildman–Crippen MR) is 317 cm³/mol. The fourth-order valence-corrected chi connectivity index (χ4v) is 13.1. The van der Waals surface area contributed by atoms with Crippen LogP contribution in [-0.4, -0.2) is 332 Å². The SMILES string of the molecule is CC(C)(C)OC(=O)N1CCC(=O)CC1.CC(C)(C)OC(=O)N1CCC(N2CCC(N3CCN(CCO)CC3)CC2)CC1.CO.OCCN1CCN(C2CCN(C3CCNCC3)CC2)CC1.OCCN1CCN(C2CCNCC2)CC1. The molecule has 9 fully saturated rings. The van der Waals surface area contributed by atoms with Gasteiger partial charge in [-0.15, -0.1) is 0 Å². The number of rotatable bonds is 11. The fourth-order valence-electron chi connectivity index (χ4n) is 13.1. The zero-order chi connectivity index (χ0) is 57.9. The van der Waals surface area contributed by atoms with E-state index < -0.39 is 11.2 Å². The molecule has 0 atom stereocenters. The quantitative estimate of drug-likeness (QED) is 0.175. The minimum Gasteiger partial charge on any atom is -0.444 e. The lowest BCUT2D eigenvalue weighted by Crippen LogP contribution is -2.55. The highest BCUT2D eigenvalue weighted by Gasteiger charge is 2.35. The van der Waals surface area contributed by atoms with E-state index in [0.29, 0.717) is 45.2 Å². The molecule has 0 radical (unpaired) electrons. The Bertz CT molecular complexity index is 1660. The Balaban J connectivity index is 0.000000201. The van der Waals surface area contributed by atoms with Crippen molar-refractivity contribution in [2.75, 3.05) is 204 Å². The molecule has 9 rings (SSSR count). The number of hydrogen-bond donors (Lipinski definition) is 6. The Kier molecular flexibility index (Phi) is 31.2. The second kappa shape index (κ2) is 36.5. The first-order valence-corrected chi connectivity index (χ1v) is 31.5. The maximum Gasteiger partial charge on any atom is 0.410 e. The number of carbonyl (C=O) groups excluding carboxylic acids is 3. The Morgan fingerprint density at radius 3 is 0.925 bits per heavy atom. The van der Waals surface area contributed by atoms with Gasteiger partial charge in [0.2, 0.25) is 0 Å². The Labute approximate surface area is 483 Å². The zero-order valence-corrected chi connectivity index (χ0v) is 51.4. The van der Waals surface area contributed by atoms with E-state index in [0.717, 1.165) is 129 Å². The van der Waals surface area contributed by atoms with Gasteiger partial charge in [-0.2, -0.15) is 0 Å². The molecule has 466 valence electrons. The van der Waals surface area contributed by atoms with E-state index in [-0.39, 0.29) is 24.6 Å². The van der Waals surface area contributed by atoms with Gasteiger partial charge in [-0.3, -0.25) is 34.2 Å². The van der Waals surface area contributed by atoms with Gasteiger partial charge in [-0.1, -0.05) is 0 Å². The average Bonchev–Trinajstić information content (AvgIpc) is 3.47. The van der Waals surface area contributed by atoms with Crippen LogP contribution in [0.5, 0.6) is 0 Å².